The lowest BCUT2D eigenvalue weighted by atomic mass is 10.1. The average Bonchev–Trinajstić information content (AvgIpc) is 2.48. The molecule has 1 unspecified atom stereocenters. The monoisotopic (exact) mass is 371 g/mol. The smallest absolute Gasteiger partial charge is 0.129 e. The standard InChI is InChI=1S/C16H16BrF2NS/c1-20-12(9-14-15(18)3-2-4-16(14)19)10-21-13-7-5-11(17)6-8-13/h2-8,12,20H,9-10H2,1H3. The Kier molecular flexibility index (Phi) is 6.21. The third-order valence-electron chi connectivity index (χ3n) is 3.19. The van der Waals surface area contributed by atoms with Crippen LogP contribution in [0.2, 0.25) is 0 Å². The van der Waals surface area contributed by atoms with E-state index >= 15 is 0 Å². The maximum absolute atomic E-state index is 13.7. The van der Waals surface area contributed by atoms with Gasteiger partial charge in [-0.1, -0.05) is 22.0 Å². The Morgan fingerprint density at radius 2 is 1.71 bits per heavy atom. The highest BCUT2D eigenvalue weighted by Crippen LogP contribution is 2.23. The first-order valence-electron chi connectivity index (χ1n) is 6.58. The number of nitrogens with one attached hydrogen (secondary N) is 1. The van der Waals surface area contributed by atoms with Crippen LogP contribution in [0.25, 0.3) is 0 Å². The molecular formula is C16H16BrF2NS. The Bertz CT molecular complexity index is 569. The zero-order chi connectivity index (χ0) is 15.2. The number of thioether (sulfide) groups is 1. The van der Waals surface area contributed by atoms with Crippen LogP contribution in [0.3, 0.4) is 0 Å². The maximum Gasteiger partial charge on any atom is 0.129 e. The lowest BCUT2D eigenvalue weighted by molar-refractivity contribution is 0.524. The van der Waals surface area contributed by atoms with E-state index in [1.54, 1.807) is 11.8 Å². The number of hydrogen-bond acceptors (Lipinski definition) is 2. The number of hydrogen-bond donors (Lipinski definition) is 1. The van der Waals surface area contributed by atoms with Gasteiger partial charge >= 0.3 is 0 Å². The molecule has 2 aromatic carbocycles. The second-order valence-electron chi connectivity index (χ2n) is 4.65. The van der Waals surface area contributed by atoms with Crippen molar-refractivity contribution in [3.8, 4) is 0 Å². The molecule has 1 nitrogen and oxygen atoms in total. The third kappa shape index (κ3) is 4.80. The largest absolute Gasteiger partial charge is 0.316 e. The van der Waals surface area contributed by atoms with Crippen molar-refractivity contribution in [3.05, 3.63) is 64.1 Å². The van der Waals surface area contributed by atoms with Crippen molar-refractivity contribution in [2.24, 2.45) is 0 Å². The summed E-state index contributed by atoms with van der Waals surface area (Å²) in [7, 11) is 1.81. The molecule has 0 radical (unpaired) electrons. The van der Waals surface area contributed by atoms with Gasteiger partial charge in [-0.25, -0.2) is 8.78 Å². The molecule has 0 aromatic heterocycles. The fraction of sp³-hybridized carbons (Fsp3) is 0.250. The van der Waals surface area contributed by atoms with Gasteiger partial charge in [-0.2, -0.15) is 0 Å². The van der Waals surface area contributed by atoms with E-state index in [9.17, 15) is 8.78 Å². The van der Waals surface area contributed by atoms with Gasteiger partial charge in [0.2, 0.25) is 0 Å². The maximum atomic E-state index is 13.7. The Hall–Kier alpha value is -0.910. The molecule has 2 aromatic rings. The molecule has 0 aliphatic carbocycles. The molecule has 5 heteroatoms. The summed E-state index contributed by atoms with van der Waals surface area (Å²) in [6.07, 6.45) is 0.332. The van der Waals surface area contributed by atoms with Crippen molar-refractivity contribution < 1.29 is 8.78 Å². The second kappa shape index (κ2) is 7.92. The number of benzene rings is 2. The molecule has 1 atom stereocenters. The van der Waals surface area contributed by atoms with E-state index in [0.717, 1.165) is 15.1 Å². The van der Waals surface area contributed by atoms with E-state index in [1.807, 2.05) is 31.3 Å². The summed E-state index contributed by atoms with van der Waals surface area (Å²) in [6, 6.07) is 12.0. The van der Waals surface area contributed by atoms with Gasteiger partial charge < -0.3 is 5.32 Å². The molecular weight excluding hydrogens is 356 g/mol. The van der Waals surface area contributed by atoms with Crippen molar-refractivity contribution in [1.82, 2.24) is 5.32 Å². The first kappa shape index (κ1) is 16.5. The highest BCUT2D eigenvalue weighted by molar-refractivity contribution is 9.10. The highest BCUT2D eigenvalue weighted by atomic mass is 79.9. The average molecular weight is 372 g/mol. The van der Waals surface area contributed by atoms with Crippen LogP contribution in [-0.2, 0) is 6.42 Å². The van der Waals surface area contributed by atoms with Crippen LogP contribution in [0.4, 0.5) is 8.78 Å². The molecule has 21 heavy (non-hydrogen) atoms. The van der Waals surface area contributed by atoms with Crippen LogP contribution >= 0.6 is 27.7 Å². The quantitative estimate of drug-likeness (QED) is 0.741. The number of halogens is 3. The van der Waals surface area contributed by atoms with Crippen LogP contribution in [0.1, 0.15) is 5.56 Å². The van der Waals surface area contributed by atoms with Crippen molar-refractivity contribution in [2.75, 3.05) is 12.8 Å². The van der Waals surface area contributed by atoms with Gasteiger partial charge in [-0.15, -0.1) is 11.8 Å². The first-order chi connectivity index (χ1) is 10.1. The molecule has 0 heterocycles. The summed E-state index contributed by atoms with van der Waals surface area (Å²) in [5.74, 6) is -0.223. The molecule has 0 saturated heterocycles. The normalized spacial score (nSPS) is 12.4. The predicted octanol–water partition coefficient (Wildman–Crippen LogP) is 4.65. The summed E-state index contributed by atoms with van der Waals surface area (Å²) in [5, 5.41) is 3.12. The number of rotatable bonds is 6. The molecule has 0 spiro atoms. The molecule has 0 fully saturated rings. The van der Waals surface area contributed by atoms with Crippen LogP contribution < -0.4 is 5.32 Å². The van der Waals surface area contributed by atoms with Crippen molar-refractivity contribution in [3.63, 3.8) is 0 Å². The fourth-order valence-electron chi connectivity index (χ4n) is 1.95. The highest BCUT2D eigenvalue weighted by Gasteiger charge is 2.14. The second-order valence-corrected chi connectivity index (χ2v) is 6.66. The van der Waals surface area contributed by atoms with Gasteiger partial charge in [-0.3, -0.25) is 0 Å². The topological polar surface area (TPSA) is 12.0 Å². The van der Waals surface area contributed by atoms with Gasteiger partial charge in [0, 0.05) is 26.7 Å². The minimum absolute atomic E-state index is 0.00467. The van der Waals surface area contributed by atoms with Gasteiger partial charge in [0.05, 0.1) is 0 Å². The molecule has 0 saturated carbocycles. The molecule has 1 N–H and O–H groups in total. The van der Waals surface area contributed by atoms with Gasteiger partial charge in [0.15, 0.2) is 0 Å². The van der Waals surface area contributed by atoms with Crippen molar-refractivity contribution in [2.45, 2.75) is 17.4 Å². The SMILES string of the molecule is CNC(CSc1ccc(Br)cc1)Cc1c(F)cccc1F. The third-order valence-corrected chi connectivity index (χ3v) is 4.89. The number of likely N-dealkylation sites (N-methyl/N-ethyl adjacent to an activating group) is 1. The lowest BCUT2D eigenvalue weighted by Gasteiger charge is -2.16. The van der Waals surface area contributed by atoms with Gasteiger partial charge in [-0.05, 0) is 49.9 Å². The van der Waals surface area contributed by atoms with E-state index in [-0.39, 0.29) is 11.6 Å². The van der Waals surface area contributed by atoms with Crippen molar-refractivity contribution in [1.29, 1.82) is 0 Å². The summed E-state index contributed by atoms with van der Waals surface area (Å²) in [6.45, 7) is 0. The van der Waals surface area contributed by atoms with E-state index < -0.39 is 11.6 Å². The van der Waals surface area contributed by atoms with Crippen LogP contribution in [0.5, 0.6) is 0 Å². The Labute approximate surface area is 136 Å². The summed E-state index contributed by atoms with van der Waals surface area (Å²) >= 11 is 5.06. The Balaban J connectivity index is 1.98. The first-order valence-corrected chi connectivity index (χ1v) is 8.36. The summed E-state index contributed by atoms with van der Waals surface area (Å²) < 4.78 is 28.4. The van der Waals surface area contributed by atoms with Gasteiger partial charge in [0.1, 0.15) is 11.6 Å². The molecule has 0 aliphatic rings. The van der Waals surface area contributed by atoms with Gasteiger partial charge in [0.25, 0.3) is 0 Å². The summed E-state index contributed by atoms with van der Waals surface area (Å²) in [5.41, 5.74) is 0.147. The minimum Gasteiger partial charge on any atom is -0.316 e. The molecule has 0 amide bonds. The van der Waals surface area contributed by atoms with Crippen LogP contribution in [0, 0.1) is 11.6 Å². The van der Waals surface area contributed by atoms with E-state index in [2.05, 4.69) is 21.2 Å². The van der Waals surface area contributed by atoms with E-state index in [1.165, 1.54) is 18.2 Å². The molecule has 2 rings (SSSR count). The minimum atomic E-state index is -0.483. The van der Waals surface area contributed by atoms with E-state index in [0.29, 0.717) is 6.42 Å². The van der Waals surface area contributed by atoms with E-state index in [4.69, 9.17) is 0 Å². The zero-order valence-corrected chi connectivity index (χ0v) is 14.0. The Morgan fingerprint density at radius 3 is 2.29 bits per heavy atom. The lowest BCUT2D eigenvalue weighted by Crippen LogP contribution is -2.30. The zero-order valence-electron chi connectivity index (χ0n) is 11.6. The van der Waals surface area contributed by atoms with Crippen molar-refractivity contribution >= 4 is 27.7 Å². The fourth-order valence-corrected chi connectivity index (χ4v) is 3.22. The van der Waals surface area contributed by atoms with Crippen LogP contribution in [0.15, 0.2) is 51.8 Å². The molecule has 112 valence electrons. The molecule has 0 bridgehead atoms. The van der Waals surface area contributed by atoms with Crippen LogP contribution in [-0.4, -0.2) is 18.8 Å². The summed E-state index contributed by atoms with van der Waals surface area (Å²) in [4.78, 5) is 1.13. The predicted molar refractivity (Wildman–Crippen MR) is 87.8 cm³/mol. The Morgan fingerprint density at radius 1 is 1.10 bits per heavy atom. The molecule has 0 aliphatic heterocycles.